The van der Waals surface area contributed by atoms with Gasteiger partial charge in [-0.2, -0.15) is 0 Å². The van der Waals surface area contributed by atoms with Crippen LogP contribution in [0, 0.1) is 0 Å². The molecule has 0 N–H and O–H groups in total. The molecule has 4 heteroatoms. The van der Waals surface area contributed by atoms with E-state index in [0.717, 1.165) is 117 Å². The number of hydrogen-bond acceptors (Lipinski definition) is 2. The van der Waals surface area contributed by atoms with Gasteiger partial charge in [0.1, 0.15) is 0 Å². The zero-order chi connectivity index (χ0) is 84.6. The number of fused-ring (bicyclic) bond motifs is 7. The van der Waals surface area contributed by atoms with Crippen LogP contribution < -0.4 is 26.2 Å². The maximum atomic E-state index is 9.98. The topological polar surface area (TPSA) is 11.4 Å². The van der Waals surface area contributed by atoms with Gasteiger partial charge in [0.05, 0.1) is 33.4 Å². The first-order valence-electron chi connectivity index (χ1n) is 43.3. The molecule has 0 unspecified atom stereocenters. The molecule has 0 fully saturated rings. The van der Waals surface area contributed by atoms with Crippen molar-refractivity contribution in [3.05, 3.63) is 312 Å². The Labute approximate surface area is 668 Å². The van der Waals surface area contributed by atoms with Crippen molar-refractivity contribution in [2.45, 2.75) is 183 Å². The smallest absolute Gasteiger partial charge is 0.252 e. The van der Waals surface area contributed by atoms with Crippen LogP contribution in [0.5, 0.6) is 0 Å². The van der Waals surface area contributed by atoms with Crippen LogP contribution in [0.3, 0.4) is 0 Å². The van der Waals surface area contributed by atoms with Gasteiger partial charge in [-0.05, 0) is 180 Å². The molecule has 3 heterocycles. The summed E-state index contributed by atoms with van der Waals surface area (Å²) in [5.74, 6) is 0. The fraction of sp³-hybridized carbons (Fsp3) is 0.264. The van der Waals surface area contributed by atoms with Crippen LogP contribution >= 0.6 is 0 Å². The Bertz CT molecular complexity index is 6140. The maximum Gasteiger partial charge on any atom is 0.252 e. The van der Waals surface area contributed by atoms with Gasteiger partial charge in [0.25, 0.3) is 6.71 Å². The third-order valence-electron chi connectivity index (χ3n) is 23.2. The van der Waals surface area contributed by atoms with Gasteiger partial charge in [-0.15, -0.1) is 0 Å². The highest BCUT2D eigenvalue weighted by molar-refractivity contribution is 7.00. The van der Waals surface area contributed by atoms with Crippen molar-refractivity contribution >= 4 is 79.0 Å². The molecule has 2 aliphatic rings. The second-order valence-corrected chi connectivity index (χ2v) is 38.2. The molecule has 0 aliphatic carbocycles. The lowest BCUT2D eigenvalue weighted by molar-refractivity contribution is 0.569. The van der Waals surface area contributed by atoms with E-state index < -0.39 is 43.0 Å². The molecule has 2 aliphatic heterocycles. The van der Waals surface area contributed by atoms with Gasteiger partial charge < -0.3 is 14.4 Å². The van der Waals surface area contributed by atoms with Gasteiger partial charge in [0.15, 0.2) is 0 Å². The van der Waals surface area contributed by atoms with Gasteiger partial charge in [0.2, 0.25) is 0 Å². The second-order valence-electron chi connectivity index (χ2n) is 38.2. The third-order valence-corrected chi connectivity index (χ3v) is 23.2. The second kappa shape index (κ2) is 26.5. The molecule has 0 bridgehead atoms. The minimum Gasteiger partial charge on any atom is -0.310 e. The van der Waals surface area contributed by atoms with Crippen LogP contribution in [-0.2, 0) is 37.9 Å². The van der Waals surface area contributed by atoms with Crippen molar-refractivity contribution in [1.29, 1.82) is 0 Å². The van der Waals surface area contributed by atoms with Crippen LogP contribution in [0.2, 0.25) is 0 Å². The summed E-state index contributed by atoms with van der Waals surface area (Å²) in [6.07, 6.45) is 0. The van der Waals surface area contributed by atoms with Crippen molar-refractivity contribution in [3.63, 3.8) is 0 Å². The number of aromatic nitrogens is 1. The van der Waals surface area contributed by atoms with E-state index in [2.05, 4.69) is 374 Å². The van der Waals surface area contributed by atoms with Crippen LogP contribution in [0.1, 0.15) is 195 Å². The molecule has 3 nitrogen and oxygen atoms in total. The first-order valence-corrected chi connectivity index (χ1v) is 39.3. The maximum absolute atomic E-state index is 9.98. The summed E-state index contributed by atoms with van der Waals surface area (Å²) in [7, 11) is 0. The van der Waals surface area contributed by atoms with E-state index in [0.29, 0.717) is 5.69 Å². The summed E-state index contributed by atoms with van der Waals surface area (Å²) >= 11 is 0. The number of nitrogens with zero attached hydrogens (tertiary/aromatic N) is 3. The zero-order valence-electron chi connectivity index (χ0n) is 76.3. The first-order chi connectivity index (χ1) is 55.3. The van der Waals surface area contributed by atoms with Crippen LogP contribution in [0.15, 0.2) is 273 Å². The fourth-order valence-electron chi connectivity index (χ4n) is 16.6. The van der Waals surface area contributed by atoms with E-state index in [-0.39, 0.29) is 71.8 Å². The van der Waals surface area contributed by atoms with E-state index in [1.807, 2.05) is 6.07 Å². The first kappa shape index (κ1) is 64.2. The van der Waals surface area contributed by atoms with Crippen molar-refractivity contribution in [2.75, 3.05) is 9.80 Å². The fourth-order valence-corrected chi connectivity index (χ4v) is 16.6. The van der Waals surface area contributed by atoms with Gasteiger partial charge in [0, 0.05) is 61.5 Å². The highest BCUT2D eigenvalue weighted by Crippen LogP contribution is 2.55. The highest BCUT2D eigenvalue weighted by atomic mass is 15.2. The lowest BCUT2D eigenvalue weighted by Gasteiger charge is -2.46. The van der Waals surface area contributed by atoms with Crippen molar-refractivity contribution < 1.29 is 11.0 Å². The molecule has 0 radical (unpaired) electrons. The van der Waals surface area contributed by atoms with Gasteiger partial charge >= 0.3 is 0 Å². The summed E-state index contributed by atoms with van der Waals surface area (Å²) in [5, 5.41) is 0.0253. The molecule has 16 rings (SSSR count). The van der Waals surface area contributed by atoms with Crippen molar-refractivity contribution in [2.24, 2.45) is 0 Å². The molecule has 0 spiro atoms. The van der Waals surface area contributed by atoms with Gasteiger partial charge in [-0.3, -0.25) is 0 Å². The quantitative estimate of drug-likeness (QED) is 0.133. The Kier molecular flexibility index (Phi) is 15.5. The third kappa shape index (κ3) is 13.2. The molecule has 0 saturated heterocycles. The van der Waals surface area contributed by atoms with Crippen LogP contribution in [0.25, 0.3) is 94.3 Å². The normalized spacial score (nSPS) is 14.5. The van der Waals surface area contributed by atoms with Gasteiger partial charge in [-0.25, -0.2) is 0 Å². The summed E-state index contributed by atoms with van der Waals surface area (Å²) in [6.45, 7) is 47.1. The minimum atomic E-state index is -0.532. The summed E-state index contributed by atoms with van der Waals surface area (Å²) in [6, 6.07) is 81.2. The Morgan fingerprint density at radius 3 is 0.945 bits per heavy atom. The largest absolute Gasteiger partial charge is 0.310 e. The number of benzene rings is 13. The predicted molar refractivity (Wildman–Crippen MR) is 478 cm³/mol. The predicted octanol–water partition coefficient (Wildman–Crippen LogP) is 28.0. The van der Waals surface area contributed by atoms with E-state index in [1.165, 1.54) is 38.9 Å². The molecular formula is C106H108BN3. The van der Waals surface area contributed by atoms with Crippen molar-refractivity contribution in [1.82, 2.24) is 4.57 Å². The molecule has 110 heavy (non-hydrogen) atoms. The monoisotopic (exact) mass is 1440 g/mol. The standard InChI is InChI=1S/C106H108BN3/c1-100(2,3)75-47-36-67(37-48-75)74-63-95-97-96(64-74)110(99-85(70-42-53-78(54-43-70)103(10,11)12)32-27-33-86(99)71-44-55-79(56-45-71)104(13,14)15)94-66-82(108-91-34-24-22-28-87(91)88-29-23-25-35-92(88)108)57-58-89(94)107(97)90-62-72(73-60-80(105(16,17)18)65-81(61-73)106(19,20)21)46-59-93(90)109(95)98-83(68-38-49-76(50-39-68)101(4,5)6)30-26-31-84(98)69-40-51-77(52-41-69)102(7,8)9/h22-66H,1-21H3/i22D,23D,24D,25D,28D,29D,34D,35D. The minimum absolute atomic E-state index is 0.0126. The molecular weight excluding hydrogens is 1330 g/mol. The van der Waals surface area contributed by atoms with Crippen LogP contribution in [0.4, 0.5) is 34.1 Å². The Hall–Kier alpha value is -10.7. The average molecular weight is 1440 g/mol. The zero-order valence-corrected chi connectivity index (χ0v) is 68.3. The molecule has 14 aromatic rings. The molecule has 550 valence electrons. The van der Waals surface area contributed by atoms with E-state index in [9.17, 15) is 11.0 Å². The Morgan fingerprint density at radius 2 is 0.582 bits per heavy atom. The number of anilines is 6. The van der Waals surface area contributed by atoms with E-state index in [4.69, 9.17) is 0 Å². The molecule has 13 aromatic carbocycles. The Balaban J connectivity index is 1.13. The number of para-hydroxylation sites is 4. The lowest BCUT2D eigenvalue weighted by atomic mass is 9.33. The molecule has 1 aromatic heterocycles. The SMILES string of the molecule is [2H]c1c([2H])c([2H])c2c(c1[2H])c1c([2H])c([2H])c([2H])c([2H])c1n2-c1ccc2c(c1)N(c1c(-c3ccc(C(C)(C)C)cc3)cccc1-c1ccc(C(C)(C)C)cc1)c1cc(-c3ccc(C(C)(C)C)cc3)cc3c1B2c1cc(-c2cc(C(C)(C)C)cc(C(C)(C)C)c2)ccc1N3c1c(-c2ccc(C(C)(C)C)cc2)cccc1-c1ccc(C(C)(C)C)cc1. The average Bonchev–Trinajstić information content (AvgIpc) is 0.936. The van der Waals surface area contributed by atoms with E-state index in [1.54, 1.807) is 4.57 Å². The molecule has 0 saturated carbocycles. The number of rotatable bonds is 9. The summed E-state index contributed by atoms with van der Waals surface area (Å²) < 4.78 is 78.2. The highest BCUT2D eigenvalue weighted by Gasteiger charge is 2.46. The Morgan fingerprint density at radius 1 is 0.255 bits per heavy atom. The lowest BCUT2D eigenvalue weighted by Crippen LogP contribution is -2.61. The number of hydrogen-bond donors (Lipinski definition) is 0. The van der Waals surface area contributed by atoms with Crippen molar-refractivity contribution in [3.8, 4) is 72.4 Å². The van der Waals surface area contributed by atoms with E-state index >= 15 is 0 Å². The molecule has 0 atom stereocenters. The van der Waals surface area contributed by atoms with Gasteiger partial charge in [-0.1, -0.05) is 376 Å². The summed E-state index contributed by atoms with van der Waals surface area (Å²) in [4.78, 5) is 5.09. The molecule has 0 amide bonds. The summed E-state index contributed by atoms with van der Waals surface area (Å²) in [5.41, 5.74) is 28.8. The van der Waals surface area contributed by atoms with Crippen LogP contribution in [-0.4, -0.2) is 11.3 Å².